The number of hydrogen-bond acceptors (Lipinski definition) is 3. The van der Waals surface area contributed by atoms with Gasteiger partial charge in [0.2, 0.25) is 0 Å². The lowest BCUT2D eigenvalue weighted by Crippen LogP contribution is -2.28. The second-order valence-electron chi connectivity index (χ2n) is 3.92. The second kappa shape index (κ2) is 5.88. The van der Waals surface area contributed by atoms with E-state index in [1.165, 1.54) is 18.4 Å². The molecule has 1 aromatic rings. The van der Waals surface area contributed by atoms with Gasteiger partial charge >= 0.3 is 0 Å². The first kappa shape index (κ1) is 12.2. The van der Waals surface area contributed by atoms with Gasteiger partial charge in [0.15, 0.2) is 0 Å². The Bertz CT molecular complexity index is 293. The highest BCUT2D eigenvalue weighted by atomic mass is 15.3. The molecule has 0 bridgehead atoms. The van der Waals surface area contributed by atoms with E-state index in [-0.39, 0.29) is 6.04 Å². The van der Waals surface area contributed by atoms with Gasteiger partial charge in [-0.25, -0.2) is 0 Å². The van der Waals surface area contributed by atoms with Gasteiger partial charge in [0.1, 0.15) is 0 Å². The van der Waals surface area contributed by atoms with Crippen LogP contribution in [0.4, 0.5) is 0 Å². The van der Waals surface area contributed by atoms with Crippen molar-refractivity contribution in [2.24, 2.45) is 12.9 Å². The van der Waals surface area contributed by atoms with Gasteiger partial charge in [0, 0.05) is 24.8 Å². The lowest BCUT2D eigenvalue weighted by molar-refractivity contribution is 0.492. The Balaban J connectivity index is 2.80. The zero-order valence-electron chi connectivity index (χ0n) is 9.95. The number of rotatable bonds is 6. The molecule has 0 aliphatic carbocycles. The quantitative estimate of drug-likeness (QED) is 0.555. The predicted molar refractivity (Wildman–Crippen MR) is 62.2 cm³/mol. The minimum Gasteiger partial charge on any atom is -0.275 e. The van der Waals surface area contributed by atoms with Crippen LogP contribution in [0.3, 0.4) is 0 Å². The van der Waals surface area contributed by atoms with E-state index in [1.807, 2.05) is 11.7 Å². The molecular formula is C11H22N4. The van der Waals surface area contributed by atoms with Crippen molar-refractivity contribution in [3.63, 3.8) is 0 Å². The fourth-order valence-electron chi connectivity index (χ4n) is 1.86. The lowest BCUT2D eigenvalue weighted by atomic mass is 10.0. The Labute approximate surface area is 91.8 Å². The lowest BCUT2D eigenvalue weighted by Gasteiger charge is -2.14. The first-order valence-corrected chi connectivity index (χ1v) is 5.71. The number of nitrogens with zero attached hydrogens (tertiary/aromatic N) is 2. The first-order chi connectivity index (χ1) is 7.22. The van der Waals surface area contributed by atoms with Crippen molar-refractivity contribution in [1.82, 2.24) is 15.2 Å². The number of nitrogens with one attached hydrogen (secondary N) is 1. The van der Waals surface area contributed by atoms with Crippen LogP contribution in [-0.4, -0.2) is 9.78 Å². The summed E-state index contributed by atoms with van der Waals surface area (Å²) in [4.78, 5) is 0. The zero-order valence-corrected chi connectivity index (χ0v) is 9.95. The summed E-state index contributed by atoms with van der Waals surface area (Å²) >= 11 is 0. The van der Waals surface area contributed by atoms with Crippen LogP contribution in [0.15, 0.2) is 6.20 Å². The number of nitrogens with two attached hydrogens (primary N) is 1. The van der Waals surface area contributed by atoms with Crippen LogP contribution in [0.25, 0.3) is 0 Å². The molecule has 0 aliphatic rings. The molecule has 1 aromatic heterocycles. The third kappa shape index (κ3) is 3.04. The maximum absolute atomic E-state index is 5.59. The summed E-state index contributed by atoms with van der Waals surface area (Å²) in [5.74, 6) is 5.59. The molecule has 0 saturated heterocycles. The van der Waals surface area contributed by atoms with Crippen molar-refractivity contribution in [2.75, 3.05) is 0 Å². The minimum atomic E-state index is 0.244. The molecule has 3 N–H and O–H groups in total. The Morgan fingerprint density at radius 1 is 1.53 bits per heavy atom. The molecule has 0 fully saturated rings. The third-order valence-corrected chi connectivity index (χ3v) is 2.70. The van der Waals surface area contributed by atoms with Crippen LogP contribution in [0.2, 0.25) is 0 Å². The summed E-state index contributed by atoms with van der Waals surface area (Å²) < 4.78 is 1.87. The molecule has 1 rings (SSSR count). The van der Waals surface area contributed by atoms with Gasteiger partial charge in [0.25, 0.3) is 0 Å². The summed E-state index contributed by atoms with van der Waals surface area (Å²) in [5, 5.41) is 4.43. The van der Waals surface area contributed by atoms with Crippen molar-refractivity contribution in [3.8, 4) is 0 Å². The molecule has 0 amide bonds. The number of aryl methyl sites for hydroxylation is 2. The van der Waals surface area contributed by atoms with E-state index in [1.54, 1.807) is 0 Å². The van der Waals surface area contributed by atoms with E-state index in [2.05, 4.69) is 30.6 Å². The van der Waals surface area contributed by atoms with E-state index in [0.29, 0.717) is 0 Å². The number of hydrazine groups is 1. The smallest absolute Gasteiger partial charge is 0.0670 e. The van der Waals surface area contributed by atoms with E-state index in [9.17, 15) is 0 Å². The van der Waals surface area contributed by atoms with Crippen LogP contribution in [0.5, 0.6) is 0 Å². The predicted octanol–water partition coefficient (Wildman–Crippen LogP) is 1.68. The average molecular weight is 210 g/mol. The summed E-state index contributed by atoms with van der Waals surface area (Å²) in [6, 6.07) is 0.244. The maximum atomic E-state index is 5.59. The van der Waals surface area contributed by atoms with E-state index in [0.717, 1.165) is 18.5 Å². The Hall–Kier alpha value is -0.870. The standard InChI is InChI=1S/C11H22N4/c1-4-6-7-11(13-12)9-8-15(3)14-10(9)5-2/h8,11,13H,4-7,12H2,1-3H3. The topological polar surface area (TPSA) is 55.9 Å². The molecular weight excluding hydrogens is 188 g/mol. The molecule has 4 nitrogen and oxygen atoms in total. The van der Waals surface area contributed by atoms with Crippen molar-refractivity contribution >= 4 is 0 Å². The molecule has 0 spiro atoms. The van der Waals surface area contributed by atoms with Crippen molar-refractivity contribution in [2.45, 2.75) is 45.6 Å². The van der Waals surface area contributed by atoms with Crippen molar-refractivity contribution in [3.05, 3.63) is 17.5 Å². The monoisotopic (exact) mass is 210 g/mol. The average Bonchev–Trinajstić information content (AvgIpc) is 2.61. The molecule has 15 heavy (non-hydrogen) atoms. The molecule has 0 aliphatic heterocycles. The highest BCUT2D eigenvalue weighted by Crippen LogP contribution is 2.21. The Morgan fingerprint density at radius 2 is 2.27 bits per heavy atom. The van der Waals surface area contributed by atoms with Gasteiger partial charge in [-0.3, -0.25) is 16.0 Å². The van der Waals surface area contributed by atoms with E-state index < -0.39 is 0 Å². The van der Waals surface area contributed by atoms with Crippen molar-refractivity contribution < 1.29 is 0 Å². The molecule has 4 heteroatoms. The number of aromatic nitrogens is 2. The van der Waals surface area contributed by atoms with Gasteiger partial charge in [-0.05, 0) is 12.8 Å². The molecule has 0 saturated carbocycles. The summed E-state index contributed by atoms with van der Waals surface area (Å²) in [5.41, 5.74) is 5.28. The first-order valence-electron chi connectivity index (χ1n) is 5.71. The van der Waals surface area contributed by atoms with Gasteiger partial charge in [-0.2, -0.15) is 5.10 Å². The SMILES string of the molecule is CCCCC(NN)c1cn(C)nc1CC. The zero-order chi connectivity index (χ0) is 11.3. The van der Waals surface area contributed by atoms with Gasteiger partial charge in [-0.15, -0.1) is 0 Å². The molecule has 0 radical (unpaired) electrons. The molecule has 1 atom stereocenters. The highest BCUT2D eigenvalue weighted by molar-refractivity contribution is 5.21. The van der Waals surface area contributed by atoms with Crippen LogP contribution in [0, 0.1) is 0 Å². The molecule has 1 heterocycles. The Kier molecular flexibility index (Phi) is 4.78. The van der Waals surface area contributed by atoms with Crippen LogP contribution >= 0.6 is 0 Å². The maximum Gasteiger partial charge on any atom is 0.0670 e. The van der Waals surface area contributed by atoms with Crippen LogP contribution in [0.1, 0.15) is 50.4 Å². The fourth-order valence-corrected chi connectivity index (χ4v) is 1.86. The number of hydrogen-bond donors (Lipinski definition) is 2. The molecule has 1 unspecified atom stereocenters. The van der Waals surface area contributed by atoms with E-state index >= 15 is 0 Å². The number of unbranched alkanes of at least 4 members (excludes halogenated alkanes) is 1. The summed E-state index contributed by atoms with van der Waals surface area (Å²) in [6.45, 7) is 4.32. The van der Waals surface area contributed by atoms with E-state index in [4.69, 9.17) is 5.84 Å². The summed E-state index contributed by atoms with van der Waals surface area (Å²) in [7, 11) is 1.95. The van der Waals surface area contributed by atoms with Crippen molar-refractivity contribution in [1.29, 1.82) is 0 Å². The fraction of sp³-hybridized carbons (Fsp3) is 0.727. The van der Waals surface area contributed by atoms with Crippen LogP contribution < -0.4 is 11.3 Å². The Morgan fingerprint density at radius 3 is 2.80 bits per heavy atom. The third-order valence-electron chi connectivity index (χ3n) is 2.70. The largest absolute Gasteiger partial charge is 0.275 e. The van der Waals surface area contributed by atoms with Gasteiger partial charge in [-0.1, -0.05) is 26.7 Å². The molecule has 86 valence electrons. The second-order valence-corrected chi connectivity index (χ2v) is 3.92. The minimum absolute atomic E-state index is 0.244. The normalized spacial score (nSPS) is 13.1. The van der Waals surface area contributed by atoms with Gasteiger partial charge < -0.3 is 0 Å². The van der Waals surface area contributed by atoms with Gasteiger partial charge in [0.05, 0.1) is 5.69 Å². The highest BCUT2D eigenvalue weighted by Gasteiger charge is 2.15. The van der Waals surface area contributed by atoms with Crippen LogP contribution in [-0.2, 0) is 13.5 Å². The molecule has 0 aromatic carbocycles. The summed E-state index contributed by atoms with van der Waals surface area (Å²) in [6.07, 6.45) is 6.48.